The molecule has 7 rings (SSSR count). The van der Waals surface area contributed by atoms with E-state index in [0.29, 0.717) is 35.7 Å². The predicted octanol–water partition coefficient (Wildman–Crippen LogP) is 5.25. The van der Waals surface area contributed by atoms with Crippen molar-refractivity contribution in [3.8, 4) is 23.0 Å². The van der Waals surface area contributed by atoms with E-state index >= 15 is 4.39 Å². The van der Waals surface area contributed by atoms with Gasteiger partial charge in [0.15, 0.2) is 5.82 Å². The summed E-state index contributed by atoms with van der Waals surface area (Å²) in [6.07, 6.45) is 5.69. The number of alkyl halides is 1. The normalized spacial score (nSPS) is 19.6. The van der Waals surface area contributed by atoms with Gasteiger partial charge < -0.3 is 14.7 Å². The first-order chi connectivity index (χ1) is 23.5. The lowest BCUT2D eigenvalue weighted by molar-refractivity contribution is 0.107. The van der Waals surface area contributed by atoms with Crippen LogP contribution in [0.2, 0.25) is 0 Å². The fourth-order valence-corrected chi connectivity index (χ4v) is 8.48. The Labute approximate surface area is 281 Å². The SMILES string of the molecule is CCc1c(F)ccc2cc(O)cc(-c3ncc4c(N(C)CCCS(=O)(=O)n5cccn5)nc(OC[C@@]56CCCN5C[C@H](F)C6)nc4c3F)c12. The van der Waals surface area contributed by atoms with E-state index < -0.39 is 33.4 Å². The number of aryl methyl sites for hydroxylation is 1. The summed E-state index contributed by atoms with van der Waals surface area (Å²) in [6.45, 7) is 3.21. The van der Waals surface area contributed by atoms with E-state index in [1.54, 1.807) is 18.9 Å². The van der Waals surface area contributed by atoms with E-state index in [0.717, 1.165) is 23.5 Å². The van der Waals surface area contributed by atoms with Crippen molar-refractivity contribution in [1.29, 1.82) is 0 Å². The number of hydrogen-bond donors (Lipinski definition) is 1. The third kappa shape index (κ3) is 6.03. The second-order valence-electron chi connectivity index (χ2n) is 12.8. The topological polar surface area (TPSA) is 127 Å². The van der Waals surface area contributed by atoms with Crippen LogP contribution in [0.4, 0.5) is 19.0 Å². The van der Waals surface area contributed by atoms with Crippen LogP contribution in [-0.4, -0.2) is 93.3 Å². The highest BCUT2D eigenvalue weighted by molar-refractivity contribution is 7.89. The number of anilines is 1. The van der Waals surface area contributed by atoms with Crippen molar-refractivity contribution in [3.63, 3.8) is 0 Å². The molecule has 0 unspecified atom stereocenters. The van der Waals surface area contributed by atoms with Crippen LogP contribution in [0.1, 0.15) is 38.2 Å². The van der Waals surface area contributed by atoms with Gasteiger partial charge in [0.25, 0.3) is 10.0 Å². The van der Waals surface area contributed by atoms with Crippen molar-refractivity contribution < 1.29 is 31.4 Å². The lowest BCUT2D eigenvalue weighted by atomic mass is 9.94. The molecule has 0 saturated carbocycles. The molecule has 5 aromatic rings. The molecule has 0 bridgehead atoms. The molecule has 2 atom stereocenters. The van der Waals surface area contributed by atoms with E-state index in [1.165, 1.54) is 48.9 Å². The minimum Gasteiger partial charge on any atom is -0.508 e. The molecule has 0 aliphatic carbocycles. The molecule has 0 radical (unpaired) electrons. The second-order valence-corrected chi connectivity index (χ2v) is 14.8. The predicted molar refractivity (Wildman–Crippen MR) is 179 cm³/mol. The average Bonchev–Trinajstić information content (AvgIpc) is 3.81. The number of halogens is 3. The molecule has 1 N–H and O–H groups in total. The van der Waals surface area contributed by atoms with Gasteiger partial charge in [0.05, 0.1) is 22.9 Å². The van der Waals surface area contributed by atoms with E-state index in [2.05, 4.69) is 25.0 Å². The zero-order chi connectivity index (χ0) is 34.5. The van der Waals surface area contributed by atoms with Crippen LogP contribution in [0.15, 0.2) is 48.9 Å². The van der Waals surface area contributed by atoms with E-state index in [1.807, 2.05) is 0 Å². The van der Waals surface area contributed by atoms with Crippen LogP contribution in [-0.2, 0) is 16.4 Å². The zero-order valence-corrected chi connectivity index (χ0v) is 27.9. The van der Waals surface area contributed by atoms with E-state index in [4.69, 9.17) is 4.74 Å². The van der Waals surface area contributed by atoms with E-state index in [-0.39, 0.29) is 65.1 Å². The average molecular weight is 696 g/mol. The molecule has 0 spiro atoms. The Bertz CT molecular complexity index is 2150. The van der Waals surface area contributed by atoms with Gasteiger partial charge in [-0.05, 0) is 72.8 Å². The number of hydrogen-bond acceptors (Lipinski definition) is 10. The number of nitrogens with zero attached hydrogens (tertiary/aromatic N) is 7. The lowest BCUT2D eigenvalue weighted by Gasteiger charge is -2.31. The number of fused-ring (bicyclic) bond motifs is 3. The maximum Gasteiger partial charge on any atom is 0.319 e. The summed E-state index contributed by atoms with van der Waals surface area (Å²) in [4.78, 5) is 17.3. The highest BCUT2D eigenvalue weighted by atomic mass is 32.2. The smallest absolute Gasteiger partial charge is 0.319 e. The van der Waals surface area contributed by atoms with Gasteiger partial charge in [0.2, 0.25) is 0 Å². The number of ether oxygens (including phenoxy) is 1. The molecule has 0 amide bonds. The fraction of sp³-hybridized carbons (Fsp3) is 0.412. The van der Waals surface area contributed by atoms with Crippen molar-refractivity contribution in [3.05, 3.63) is 66.1 Å². The molecule has 2 aliphatic heterocycles. The Morgan fingerprint density at radius 3 is 2.82 bits per heavy atom. The van der Waals surface area contributed by atoms with Crippen LogP contribution in [0, 0.1) is 11.6 Å². The van der Waals surface area contributed by atoms with Gasteiger partial charge in [-0.2, -0.15) is 19.2 Å². The highest BCUT2D eigenvalue weighted by Crippen LogP contribution is 2.41. The first kappa shape index (κ1) is 33.0. The van der Waals surface area contributed by atoms with Gasteiger partial charge in [0.1, 0.15) is 41.4 Å². The molecule has 5 heterocycles. The van der Waals surface area contributed by atoms with Crippen molar-refractivity contribution >= 4 is 37.5 Å². The first-order valence-electron chi connectivity index (χ1n) is 16.3. The molecule has 2 saturated heterocycles. The Hall–Kier alpha value is -4.50. The van der Waals surface area contributed by atoms with Crippen LogP contribution in [0.5, 0.6) is 11.8 Å². The number of phenols is 1. The summed E-state index contributed by atoms with van der Waals surface area (Å²) in [5.41, 5.74) is -0.218. The fourth-order valence-electron chi connectivity index (χ4n) is 7.35. The number of benzene rings is 2. The van der Waals surface area contributed by atoms with Crippen LogP contribution in [0.25, 0.3) is 32.9 Å². The quantitative estimate of drug-likeness (QED) is 0.196. The molecule has 49 heavy (non-hydrogen) atoms. The maximum absolute atomic E-state index is 16.8. The van der Waals surface area contributed by atoms with Gasteiger partial charge in [-0.1, -0.05) is 13.0 Å². The number of phenolic OH excluding ortho intramolecular Hbond substituents is 1. The van der Waals surface area contributed by atoms with Crippen LogP contribution in [0.3, 0.4) is 0 Å². The van der Waals surface area contributed by atoms with Crippen LogP contribution < -0.4 is 9.64 Å². The van der Waals surface area contributed by atoms with Crippen molar-refractivity contribution in [2.24, 2.45) is 0 Å². The van der Waals surface area contributed by atoms with Gasteiger partial charge in [0, 0.05) is 44.5 Å². The minimum atomic E-state index is -3.68. The zero-order valence-electron chi connectivity index (χ0n) is 27.1. The number of aromatic nitrogens is 5. The molecule has 258 valence electrons. The molecule has 3 aromatic heterocycles. The van der Waals surface area contributed by atoms with E-state index in [9.17, 15) is 22.3 Å². The molecule has 2 fully saturated rings. The van der Waals surface area contributed by atoms with Crippen molar-refractivity contribution in [1.82, 2.24) is 29.0 Å². The summed E-state index contributed by atoms with van der Waals surface area (Å²) in [5, 5.41) is 15.6. The summed E-state index contributed by atoms with van der Waals surface area (Å²) in [6, 6.07) is 7.08. The second kappa shape index (κ2) is 12.8. The Morgan fingerprint density at radius 1 is 1.20 bits per heavy atom. The van der Waals surface area contributed by atoms with Gasteiger partial charge >= 0.3 is 6.01 Å². The lowest BCUT2D eigenvalue weighted by Crippen LogP contribution is -2.43. The monoisotopic (exact) mass is 695 g/mol. The number of aromatic hydroxyl groups is 1. The first-order valence-corrected chi connectivity index (χ1v) is 17.9. The van der Waals surface area contributed by atoms with Crippen molar-refractivity contribution in [2.45, 2.75) is 50.7 Å². The Balaban J connectivity index is 1.30. The molecular weight excluding hydrogens is 659 g/mol. The summed E-state index contributed by atoms with van der Waals surface area (Å²) < 4.78 is 78.7. The van der Waals surface area contributed by atoms with Gasteiger partial charge in [-0.25, -0.2) is 21.6 Å². The maximum atomic E-state index is 16.8. The summed E-state index contributed by atoms with van der Waals surface area (Å²) >= 11 is 0. The minimum absolute atomic E-state index is 0.111. The van der Waals surface area contributed by atoms with Gasteiger partial charge in [-0.3, -0.25) is 9.88 Å². The summed E-state index contributed by atoms with van der Waals surface area (Å²) in [5.74, 6) is -1.37. The standard InChI is InChI=1S/C34H36F3N7O4S/c1-3-24-27(36)8-7-21-15-23(45)16-25(28(21)24)30-29(37)31-26(18-38-30)32(42(2)11-6-14-49(46,47)44-13-5-10-39-44)41-33(40-31)48-20-34-9-4-12-43(34)19-22(35)17-34/h5,7-8,10,13,15-16,18,22,45H,3-4,6,9,11-12,14,17,19-20H2,1-2H3/t22-,34+/m1/s1. The van der Waals surface area contributed by atoms with Crippen molar-refractivity contribution in [2.75, 3.05) is 43.9 Å². The molecule has 2 aromatic carbocycles. The number of pyridine rings is 1. The summed E-state index contributed by atoms with van der Waals surface area (Å²) in [7, 11) is -1.99. The third-order valence-electron chi connectivity index (χ3n) is 9.66. The Kier molecular flexibility index (Phi) is 8.59. The van der Waals surface area contributed by atoms with Crippen LogP contribution >= 0.6 is 0 Å². The third-order valence-corrected chi connectivity index (χ3v) is 11.2. The molecule has 11 nitrogen and oxygen atoms in total. The largest absolute Gasteiger partial charge is 0.508 e. The van der Waals surface area contributed by atoms with Gasteiger partial charge in [-0.15, -0.1) is 0 Å². The Morgan fingerprint density at radius 2 is 2.04 bits per heavy atom. The molecular formula is C34H36F3N7O4S. The molecule has 15 heteroatoms. The molecule has 2 aliphatic rings. The highest BCUT2D eigenvalue weighted by Gasteiger charge is 2.49. The number of rotatable bonds is 11.